The molecule has 0 amide bonds. The zero-order valence-corrected chi connectivity index (χ0v) is 15.5. The highest BCUT2D eigenvalue weighted by Crippen LogP contribution is 1.98. The molecule has 5 heteroatoms. The summed E-state index contributed by atoms with van der Waals surface area (Å²) in [5.41, 5.74) is 4.38. The molecule has 0 fully saturated rings. The van der Waals surface area contributed by atoms with Crippen molar-refractivity contribution in [2.24, 2.45) is 0 Å². The summed E-state index contributed by atoms with van der Waals surface area (Å²) in [6, 6.07) is 12.3. The molecule has 0 aliphatic heterocycles. The van der Waals surface area contributed by atoms with Crippen molar-refractivity contribution in [1.82, 2.24) is 25.9 Å². The van der Waals surface area contributed by atoms with Crippen LogP contribution in [0.25, 0.3) is 0 Å². The predicted octanol–water partition coefficient (Wildman–Crippen LogP) is 2.34. The molecule has 0 aliphatic carbocycles. The van der Waals surface area contributed by atoms with E-state index in [1.807, 2.05) is 26.0 Å². The van der Waals surface area contributed by atoms with Crippen molar-refractivity contribution in [3.8, 4) is 0 Å². The molecular formula is C20H31N5. The Labute approximate surface area is 151 Å². The highest BCUT2D eigenvalue weighted by atomic mass is 14.9. The van der Waals surface area contributed by atoms with Crippen LogP contribution < -0.4 is 16.0 Å². The second kappa shape index (κ2) is 11.7. The van der Waals surface area contributed by atoms with Crippen molar-refractivity contribution in [3.05, 3.63) is 59.2 Å². The smallest absolute Gasteiger partial charge is 0.0544 e. The van der Waals surface area contributed by atoms with Crippen molar-refractivity contribution in [2.45, 2.75) is 39.8 Å². The highest BCUT2D eigenvalue weighted by Gasteiger charge is 1.96. The molecule has 0 radical (unpaired) electrons. The summed E-state index contributed by atoms with van der Waals surface area (Å²) in [6.07, 6.45) is 2.26. The largest absolute Gasteiger partial charge is 0.317 e. The second-order valence-corrected chi connectivity index (χ2v) is 6.35. The minimum absolute atomic E-state index is 0.846. The van der Waals surface area contributed by atoms with E-state index in [9.17, 15) is 0 Å². The first-order chi connectivity index (χ1) is 12.2. The molecule has 2 aromatic heterocycles. The van der Waals surface area contributed by atoms with Crippen molar-refractivity contribution in [3.63, 3.8) is 0 Å². The Kier molecular flexibility index (Phi) is 9.12. The highest BCUT2D eigenvalue weighted by molar-refractivity contribution is 5.10. The van der Waals surface area contributed by atoms with E-state index in [-0.39, 0.29) is 0 Å². The lowest BCUT2D eigenvalue weighted by Crippen LogP contribution is -2.25. The molecule has 25 heavy (non-hydrogen) atoms. The Balaban J connectivity index is 1.38. The quantitative estimate of drug-likeness (QED) is 0.517. The van der Waals surface area contributed by atoms with Gasteiger partial charge in [0.2, 0.25) is 0 Å². The third-order valence-electron chi connectivity index (χ3n) is 3.92. The fourth-order valence-electron chi connectivity index (χ4n) is 2.63. The molecule has 0 aliphatic rings. The fourth-order valence-corrected chi connectivity index (χ4v) is 2.63. The van der Waals surface area contributed by atoms with Gasteiger partial charge in [-0.25, -0.2) is 0 Å². The minimum Gasteiger partial charge on any atom is -0.317 e. The molecule has 0 atom stereocenters. The first-order valence-electron chi connectivity index (χ1n) is 9.21. The van der Waals surface area contributed by atoms with Crippen LogP contribution in [-0.2, 0) is 13.1 Å². The fraction of sp³-hybridized carbons (Fsp3) is 0.500. The SMILES string of the molecule is Cc1cccc(CNCCCNCCCNCc2cccc(C)n2)n1. The number of aryl methyl sites for hydroxylation is 2. The van der Waals surface area contributed by atoms with Crippen LogP contribution in [0.4, 0.5) is 0 Å². The van der Waals surface area contributed by atoms with Crippen LogP contribution in [0.1, 0.15) is 35.6 Å². The molecule has 0 aromatic carbocycles. The van der Waals surface area contributed by atoms with Crippen LogP contribution in [-0.4, -0.2) is 36.1 Å². The Morgan fingerprint density at radius 1 is 0.640 bits per heavy atom. The van der Waals surface area contributed by atoms with Gasteiger partial charge < -0.3 is 16.0 Å². The molecule has 2 rings (SSSR count). The van der Waals surface area contributed by atoms with E-state index in [4.69, 9.17) is 0 Å². The summed E-state index contributed by atoms with van der Waals surface area (Å²) >= 11 is 0. The van der Waals surface area contributed by atoms with Crippen LogP contribution in [0.5, 0.6) is 0 Å². The standard InChI is InChI=1S/C20H31N5/c1-17-7-3-9-19(24-17)15-22-13-5-11-21-12-6-14-23-16-20-10-4-8-18(2)25-20/h3-4,7-10,21-23H,5-6,11-16H2,1-2H3. The Morgan fingerprint density at radius 2 is 1.08 bits per heavy atom. The van der Waals surface area contributed by atoms with E-state index in [2.05, 4.69) is 50.2 Å². The van der Waals surface area contributed by atoms with Crippen molar-refractivity contribution >= 4 is 0 Å². The van der Waals surface area contributed by atoms with Gasteiger partial charge in [0.25, 0.3) is 0 Å². The number of hydrogen-bond donors (Lipinski definition) is 3. The summed E-state index contributed by atoms with van der Waals surface area (Å²) in [5.74, 6) is 0. The third kappa shape index (κ3) is 8.72. The second-order valence-electron chi connectivity index (χ2n) is 6.35. The third-order valence-corrected chi connectivity index (χ3v) is 3.92. The van der Waals surface area contributed by atoms with Gasteiger partial charge in [-0.1, -0.05) is 12.1 Å². The normalized spacial score (nSPS) is 11.0. The molecular weight excluding hydrogens is 310 g/mol. The van der Waals surface area contributed by atoms with E-state index in [0.29, 0.717) is 0 Å². The number of nitrogens with one attached hydrogen (secondary N) is 3. The Bertz CT molecular complexity index is 561. The van der Waals surface area contributed by atoms with Gasteiger partial charge in [-0.2, -0.15) is 0 Å². The molecule has 3 N–H and O–H groups in total. The van der Waals surface area contributed by atoms with Crippen LogP contribution in [0.3, 0.4) is 0 Å². The van der Waals surface area contributed by atoms with Gasteiger partial charge in [-0.15, -0.1) is 0 Å². The minimum atomic E-state index is 0.846. The van der Waals surface area contributed by atoms with Crippen molar-refractivity contribution in [1.29, 1.82) is 0 Å². The molecule has 0 bridgehead atoms. The molecule has 136 valence electrons. The average molecular weight is 342 g/mol. The van der Waals surface area contributed by atoms with Gasteiger partial charge in [0.05, 0.1) is 11.4 Å². The van der Waals surface area contributed by atoms with Crippen molar-refractivity contribution < 1.29 is 0 Å². The molecule has 0 spiro atoms. The molecule has 2 heterocycles. The van der Waals surface area contributed by atoms with E-state index < -0.39 is 0 Å². The van der Waals surface area contributed by atoms with Crippen molar-refractivity contribution in [2.75, 3.05) is 26.2 Å². The topological polar surface area (TPSA) is 61.9 Å². The summed E-state index contributed by atoms with van der Waals surface area (Å²) in [6.45, 7) is 9.87. The maximum absolute atomic E-state index is 4.49. The van der Waals surface area contributed by atoms with Gasteiger partial charge in [-0.05, 0) is 77.1 Å². The zero-order valence-electron chi connectivity index (χ0n) is 15.5. The lowest BCUT2D eigenvalue weighted by molar-refractivity contribution is 0.561. The van der Waals surface area contributed by atoms with Gasteiger partial charge in [0.15, 0.2) is 0 Å². The zero-order chi connectivity index (χ0) is 17.7. The lowest BCUT2D eigenvalue weighted by Gasteiger charge is -2.08. The van der Waals surface area contributed by atoms with Gasteiger partial charge >= 0.3 is 0 Å². The number of pyridine rings is 2. The lowest BCUT2D eigenvalue weighted by atomic mass is 10.3. The first-order valence-corrected chi connectivity index (χ1v) is 9.21. The summed E-state index contributed by atoms with van der Waals surface area (Å²) < 4.78 is 0. The molecule has 2 aromatic rings. The Hall–Kier alpha value is -1.82. The number of hydrogen-bond acceptors (Lipinski definition) is 5. The monoisotopic (exact) mass is 341 g/mol. The molecule has 0 saturated heterocycles. The predicted molar refractivity (Wildman–Crippen MR) is 103 cm³/mol. The number of nitrogens with zero attached hydrogens (tertiary/aromatic N) is 2. The van der Waals surface area contributed by atoms with E-state index in [1.165, 1.54) is 0 Å². The summed E-state index contributed by atoms with van der Waals surface area (Å²) in [5, 5.41) is 10.4. The maximum Gasteiger partial charge on any atom is 0.0544 e. The van der Waals surface area contributed by atoms with E-state index >= 15 is 0 Å². The van der Waals surface area contributed by atoms with Crippen LogP contribution >= 0.6 is 0 Å². The van der Waals surface area contributed by atoms with Crippen LogP contribution in [0, 0.1) is 13.8 Å². The van der Waals surface area contributed by atoms with Gasteiger partial charge in [0.1, 0.15) is 0 Å². The van der Waals surface area contributed by atoms with Crippen LogP contribution in [0.15, 0.2) is 36.4 Å². The average Bonchev–Trinajstić information content (AvgIpc) is 2.60. The first kappa shape index (κ1) is 19.5. The van der Waals surface area contributed by atoms with E-state index in [0.717, 1.165) is 74.9 Å². The summed E-state index contributed by atoms with van der Waals surface area (Å²) in [7, 11) is 0. The maximum atomic E-state index is 4.49. The summed E-state index contributed by atoms with van der Waals surface area (Å²) in [4.78, 5) is 8.97. The number of aromatic nitrogens is 2. The molecule has 5 nitrogen and oxygen atoms in total. The van der Waals surface area contributed by atoms with Crippen LogP contribution in [0.2, 0.25) is 0 Å². The van der Waals surface area contributed by atoms with E-state index in [1.54, 1.807) is 0 Å². The Morgan fingerprint density at radius 3 is 1.52 bits per heavy atom. The number of rotatable bonds is 12. The van der Waals surface area contributed by atoms with Gasteiger partial charge in [-0.3, -0.25) is 9.97 Å². The molecule has 0 unspecified atom stereocenters. The van der Waals surface area contributed by atoms with Gasteiger partial charge in [0, 0.05) is 24.5 Å². The molecule has 0 saturated carbocycles.